The van der Waals surface area contributed by atoms with E-state index in [1.165, 1.54) is 0 Å². The van der Waals surface area contributed by atoms with E-state index >= 15 is 0 Å². The first kappa shape index (κ1) is 25.5. The molecule has 1 amide bonds. The minimum Gasteiger partial charge on any atom is -0.488 e. The van der Waals surface area contributed by atoms with E-state index in [1.807, 2.05) is 72.9 Å². The summed E-state index contributed by atoms with van der Waals surface area (Å²) in [7, 11) is 0. The summed E-state index contributed by atoms with van der Waals surface area (Å²) in [5, 5.41) is 13.2. The van der Waals surface area contributed by atoms with Crippen molar-refractivity contribution in [2.45, 2.75) is 38.7 Å². The number of carbonyl (C=O) groups is 1. The minimum atomic E-state index is -0.217. The SMILES string of the molecule is N#Cc1ccc(Cn2cncc2CN(Cc2cccc(Cl)c2)[C@@H]2CCNC2=O)cc1OCc1ccccc1. The average Bonchev–Trinajstić information content (AvgIpc) is 3.56. The van der Waals surface area contributed by atoms with Crippen LogP contribution in [0.25, 0.3) is 0 Å². The van der Waals surface area contributed by atoms with Gasteiger partial charge in [-0.05, 0) is 47.4 Å². The van der Waals surface area contributed by atoms with Gasteiger partial charge in [0.05, 0.1) is 23.6 Å². The second-order valence-electron chi connectivity index (χ2n) is 9.36. The van der Waals surface area contributed by atoms with E-state index < -0.39 is 0 Å². The van der Waals surface area contributed by atoms with Crippen molar-refractivity contribution in [1.82, 2.24) is 19.8 Å². The summed E-state index contributed by atoms with van der Waals surface area (Å²) in [5.74, 6) is 0.603. The molecule has 4 aromatic rings. The molecule has 1 atom stereocenters. The van der Waals surface area contributed by atoms with Crippen molar-refractivity contribution in [3.05, 3.63) is 118 Å². The van der Waals surface area contributed by atoms with Crippen molar-refractivity contribution in [3.8, 4) is 11.8 Å². The van der Waals surface area contributed by atoms with Crippen LogP contribution in [-0.2, 0) is 31.0 Å². The van der Waals surface area contributed by atoms with Crippen molar-refractivity contribution in [2.75, 3.05) is 6.54 Å². The second-order valence-corrected chi connectivity index (χ2v) is 9.80. The van der Waals surface area contributed by atoms with Crippen molar-refractivity contribution < 1.29 is 9.53 Å². The van der Waals surface area contributed by atoms with Crippen LogP contribution in [-0.4, -0.2) is 32.9 Å². The number of ether oxygens (including phenoxy) is 1. The molecule has 5 rings (SSSR count). The van der Waals surface area contributed by atoms with Gasteiger partial charge < -0.3 is 14.6 Å². The summed E-state index contributed by atoms with van der Waals surface area (Å²) in [4.78, 5) is 19.2. The van der Waals surface area contributed by atoms with Crippen LogP contribution < -0.4 is 10.1 Å². The number of rotatable bonds is 10. The number of amides is 1. The number of benzene rings is 3. The van der Waals surface area contributed by atoms with Crippen LogP contribution in [0.2, 0.25) is 5.02 Å². The topological polar surface area (TPSA) is 83.2 Å². The van der Waals surface area contributed by atoms with E-state index in [1.54, 1.807) is 12.4 Å². The quantitative estimate of drug-likeness (QED) is 0.317. The Labute approximate surface area is 227 Å². The average molecular weight is 526 g/mol. The molecule has 1 N–H and O–H groups in total. The van der Waals surface area contributed by atoms with Crippen LogP contribution in [0.15, 0.2) is 85.3 Å². The smallest absolute Gasteiger partial charge is 0.237 e. The first-order chi connectivity index (χ1) is 18.6. The van der Waals surface area contributed by atoms with E-state index in [9.17, 15) is 10.1 Å². The molecule has 1 aliphatic heterocycles. The molecule has 3 aromatic carbocycles. The molecular weight excluding hydrogens is 498 g/mol. The van der Waals surface area contributed by atoms with Gasteiger partial charge in [0.1, 0.15) is 18.4 Å². The lowest BCUT2D eigenvalue weighted by Gasteiger charge is -2.27. The van der Waals surface area contributed by atoms with Crippen LogP contribution in [0.1, 0.15) is 34.4 Å². The molecule has 1 fully saturated rings. The van der Waals surface area contributed by atoms with E-state index in [0.717, 1.165) is 28.8 Å². The zero-order valence-electron chi connectivity index (χ0n) is 20.9. The maximum atomic E-state index is 12.6. The van der Waals surface area contributed by atoms with Gasteiger partial charge in [-0.15, -0.1) is 0 Å². The molecule has 0 bridgehead atoms. The Morgan fingerprint density at radius 2 is 1.89 bits per heavy atom. The van der Waals surface area contributed by atoms with Crippen molar-refractivity contribution >= 4 is 17.5 Å². The predicted octanol–water partition coefficient (Wildman–Crippen LogP) is 4.93. The number of nitriles is 1. The highest BCUT2D eigenvalue weighted by Gasteiger charge is 2.31. The molecule has 0 saturated carbocycles. The maximum absolute atomic E-state index is 12.6. The highest BCUT2D eigenvalue weighted by molar-refractivity contribution is 6.30. The molecule has 8 heteroatoms. The van der Waals surface area contributed by atoms with E-state index in [0.29, 0.717) is 49.1 Å². The third-order valence-electron chi connectivity index (χ3n) is 6.66. The third kappa shape index (κ3) is 6.23. The first-order valence-corrected chi connectivity index (χ1v) is 12.9. The number of hydrogen-bond donors (Lipinski definition) is 1. The molecule has 1 aliphatic rings. The fourth-order valence-corrected chi connectivity index (χ4v) is 4.93. The van der Waals surface area contributed by atoms with Crippen molar-refractivity contribution in [2.24, 2.45) is 0 Å². The fourth-order valence-electron chi connectivity index (χ4n) is 4.71. The molecule has 7 nitrogen and oxygen atoms in total. The number of halogens is 1. The van der Waals surface area contributed by atoms with Crippen molar-refractivity contribution in [1.29, 1.82) is 5.26 Å². The molecule has 0 radical (unpaired) electrons. The minimum absolute atomic E-state index is 0.0467. The Morgan fingerprint density at radius 3 is 2.66 bits per heavy atom. The molecule has 0 aliphatic carbocycles. The highest BCUT2D eigenvalue weighted by Crippen LogP contribution is 2.24. The fraction of sp³-hybridized carbons (Fsp3) is 0.233. The molecule has 0 spiro atoms. The first-order valence-electron chi connectivity index (χ1n) is 12.5. The lowest BCUT2D eigenvalue weighted by Crippen LogP contribution is -2.40. The zero-order chi connectivity index (χ0) is 26.3. The van der Waals surface area contributed by atoms with Gasteiger partial charge in [-0.1, -0.05) is 60.1 Å². The van der Waals surface area contributed by atoms with Gasteiger partial charge in [-0.25, -0.2) is 4.98 Å². The summed E-state index contributed by atoms with van der Waals surface area (Å²) in [6.45, 7) is 2.77. The normalized spacial score (nSPS) is 14.9. The Kier molecular flexibility index (Phi) is 8.03. The Hall–Kier alpha value is -4.12. The molecule has 38 heavy (non-hydrogen) atoms. The van der Waals surface area contributed by atoms with E-state index in [-0.39, 0.29) is 11.9 Å². The van der Waals surface area contributed by atoms with Gasteiger partial charge in [0.15, 0.2) is 0 Å². The van der Waals surface area contributed by atoms with Gasteiger partial charge in [-0.3, -0.25) is 9.69 Å². The number of nitrogens with zero attached hydrogens (tertiary/aromatic N) is 4. The largest absolute Gasteiger partial charge is 0.488 e. The highest BCUT2D eigenvalue weighted by atomic mass is 35.5. The van der Waals surface area contributed by atoms with Gasteiger partial charge >= 0.3 is 0 Å². The van der Waals surface area contributed by atoms with Crippen LogP contribution >= 0.6 is 11.6 Å². The van der Waals surface area contributed by atoms with E-state index in [2.05, 4.69) is 25.8 Å². The van der Waals surface area contributed by atoms with Gasteiger partial charge in [0.2, 0.25) is 5.91 Å². The van der Waals surface area contributed by atoms with Gasteiger partial charge in [0, 0.05) is 37.4 Å². The lowest BCUT2D eigenvalue weighted by atomic mass is 10.1. The number of aromatic nitrogens is 2. The second kappa shape index (κ2) is 12.0. The van der Waals surface area contributed by atoms with Gasteiger partial charge in [-0.2, -0.15) is 5.26 Å². The van der Waals surface area contributed by atoms with Crippen LogP contribution in [0, 0.1) is 11.3 Å². The maximum Gasteiger partial charge on any atom is 0.237 e. The molecule has 0 unspecified atom stereocenters. The number of nitrogens with one attached hydrogen (secondary N) is 1. The van der Waals surface area contributed by atoms with Crippen LogP contribution in [0.5, 0.6) is 5.75 Å². The Bertz CT molecular complexity index is 1450. The van der Waals surface area contributed by atoms with Crippen LogP contribution in [0.3, 0.4) is 0 Å². The van der Waals surface area contributed by atoms with Gasteiger partial charge in [0.25, 0.3) is 0 Å². The molecule has 1 aromatic heterocycles. The van der Waals surface area contributed by atoms with Crippen LogP contribution in [0.4, 0.5) is 0 Å². The third-order valence-corrected chi connectivity index (χ3v) is 6.89. The molecule has 2 heterocycles. The Balaban J connectivity index is 1.34. The summed E-state index contributed by atoms with van der Waals surface area (Å²) in [6, 6.07) is 25.3. The number of carbonyl (C=O) groups excluding carboxylic acids is 1. The molecule has 1 saturated heterocycles. The number of imidazole rings is 1. The standard InChI is InChI=1S/C30H28ClN5O2/c31-26-8-4-7-23(13-26)17-35(28-11-12-34-30(28)37)19-27-16-33-21-36(27)18-24-9-10-25(15-32)29(14-24)38-20-22-5-2-1-3-6-22/h1-10,13-14,16,21,28H,11-12,17-20H2,(H,34,37)/t28-/m1/s1. The monoisotopic (exact) mass is 525 g/mol. The van der Waals surface area contributed by atoms with Crippen molar-refractivity contribution in [3.63, 3.8) is 0 Å². The van der Waals surface area contributed by atoms with E-state index in [4.69, 9.17) is 16.3 Å². The summed E-state index contributed by atoms with van der Waals surface area (Å²) >= 11 is 6.22. The molecule has 192 valence electrons. The predicted molar refractivity (Wildman–Crippen MR) is 145 cm³/mol. The lowest BCUT2D eigenvalue weighted by molar-refractivity contribution is -0.124. The Morgan fingerprint density at radius 1 is 1.05 bits per heavy atom. The number of hydrogen-bond acceptors (Lipinski definition) is 5. The molecular formula is C30H28ClN5O2. The zero-order valence-corrected chi connectivity index (χ0v) is 21.6. The summed E-state index contributed by atoms with van der Waals surface area (Å²) < 4.78 is 8.08. The summed E-state index contributed by atoms with van der Waals surface area (Å²) in [5.41, 5.74) is 4.56. The summed E-state index contributed by atoms with van der Waals surface area (Å²) in [6.07, 6.45) is 4.39.